The molecule has 0 aromatic carbocycles. The van der Waals surface area contributed by atoms with Crippen LogP contribution >= 0.6 is 0 Å². The lowest BCUT2D eigenvalue weighted by atomic mass is 9.78. The number of methoxy groups -OCH3 is 1. The van der Waals surface area contributed by atoms with Crippen LogP contribution < -0.4 is 0 Å². The Balaban J connectivity index is 1.63. The van der Waals surface area contributed by atoms with Gasteiger partial charge in [0.1, 0.15) is 23.7 Å². The van der Waals surface area contributed by atoms with Gasteiger partial charge in [-0.15, -0.1) is 0 Å². The first-order valence-corrected chi connectivity index (χ1v) is 23.0. The molecule has 3 fully saturated rings. The van der Waals surface area contributed by atoms with Crippen molar-refractivity contribution in [1.82, 2.24) is 4.90 Å². The van der Waals surface area contributed by atoms with Crippen molar-refractivity contribution in [3.05, 3.63) is 47.6 Å². The molecule has 3 aliphatic heterocycles. The molecule has 12 nitrogen and oxygen atoms in total. The van der Waals surface area contributed by atoms with Crippen LogP contribution in [0, 0.1) is 35.5 Å². The lowest BCUT2D eigenvalue weighted by molar-refractivity contribution is -0.284. The molecule has 61 heavy (non-hydrogen) atoms. The molecule has 0 spiro atoms. The van der Waals surface area contributed by atoms with Crippen molar-refractivity contribution >= 4 is 23.4 Å². The summed E-state index contributed by atoms with van der Waals surface area (Å²) in [5.41, 5.74) is 1.49. The maximum Gasteiger partial charge on any atom is 0.329 e. The summed E-state index contributed by atoms with van der Waals surface area (Å²) in [6.07, 6.45) is 13.1. The number of nitrogens with zero attached hydrogens (tertiary/aromatic N) is 1. The Kier molecular flexibility index (Phi) is 19.6. The van der Waals surface area contributed by atoms with Gasteiger partial charge < -0.3 is 39.5 Å². The van der Waals surface area contributed by atoms with Gasteiger partial charge >= 0.3 is 5.97 Å². The second-order valence-electron chi connectivity index (χ2n) is 19.2. The number of Topliss-reactive ketones (excluding diaryl/α,β-unsaturated/α-hetero) is 2. The quantitative estimate of drug-likeness (QED) is 0.174. The fourth-order valence-electron chi connectivity index (χ4n) is 9.64. The molecule has 12 heteroatoms. The van der Waals surface area contributed by atoms with Gasteiger partial charge in [0.2, 0.25) is 5.91 Å². The zero-order valence-corrected chi connectivity index (χ0v) is 38.2. The first-order chi connectivity index (χ1) is 28.8. The van der Waals surface area contributed by atoms with Crippen molar-refractivity contribution in [1.29, 1.82) is 0 Å². The number of piperidine rings is 1. The molecule has 0 aromatic heterocycles. The Hall–Kier alpha value is -3.00. The van der Waals surface area contributed by atoms with Gasteiger partial charge in [-0.3, -0.25) is 14.4 Å². The molecular formula is C49H77NO11. The molecule has 1 saturated carbocycles. The van der Waals surface area contributed by atoms with Crippen LogP contribution in [0.3, 0.4) is 0 Å². The van der Waals surface area contributed by atoms with Gasteiger partial charge in [0.25, 0.3) is 0 Å². The van der Waals surface area contributed by atoms with Crippen molar-refractivity contribution in [3.63, 3.8) is 0 Å². The monoisotopic (exact) mass is 856 g/mol. The summed E-state index contributed by atoms with van der Waals surface area (Å²) in [4.78, 5) is 57.1. The van der Waals surface area contributed by atoms with E-state index in [1.807, 2.05) is 65.0 Å². The number of cyclic esters (lactones) is 1. The number of aliphatic hydroxyl groups excluding tert-OH is 3. The molecule has 3 heterocycles. The van der Waals surface area contributed by atoms with Crippen LogP contribution in [0.15, 0.2) is 47.6 Å². The van der Waals surface area contributed by atoms with Crippen molar-refractivity contribution < 1.29 is 53.8 Å². The number of carbonyl (C=O) groups is 4. The maximum absolute atomic E-state index is 14.2. The predicted molar refractivity (Wildman–Crippen MR) is 234 cm³/mol. The minimum Gasteiger partial charge on any atom is -0.460 e. The smallest absolute Gasteiger partial charge is 0.329 e. The van der Waals surface area contributed by atoms with Crippen molar-refractivity contribution in [3.8, 4) is 0 Å². The zero-order valence-electron chi connectivity index (χ0n) is 38.2. The number of allylic oxidation sites excluding steroid dienone is 6. The number of fused-ring (bicyclic) bond motifs is 3. The van der Waals surface area contributed by atoms with Gasteiger partial charge in [-0.25, -0.2) is 4.79 Å². The minimum absolute atomic E-state index is 0.0520. The second-order valence-corrected chi connectivity index (χ2v) is 19.2. The fourth-order valence-corrected chi connectivity index (χ4v) is 9.64. The lowest BCUT2D eigenvalue weighted by Crippen LogP contribution is -2.55. The van der Waals surface area contributed by atoms with E-state index in [-0.39, 0.29) is 72.6 Å². The van der Waals surface area contributed by atoms with E-state index in [2.05, 4.69) is 0 Å². The van der Waals surface area contributed by atoms with E-state index in [4.69, 9.17) is 14.2 Å². The van der Waals surface area contributed by atoms with Crippen LogP contribution in [-0.4, -0.2) is 111 Å². The van der Waals surface area contributed by atoms with Gasteiger partial charge in [-0.1, -0.05) is 71.1 Å². The Morgan fingerprint density at radius 1 is 0.852 bits per heavy atom. The molecule has 4 N–H and O–H groups in total. The average molecular weight is 856 g/mol. The SMILES string of the molecule is CO[C@H]1C[C@@H]2CC[C@@H](C)[C@](O)(CC(=O)N3CCCC[C@H]3C(=O)O[C@H]([C@H](C)CC3CC[C@H](O)[C@@H](O)C3)CC(=O)[C@H](C)/C=C(\C)[C@@H](O)CC(=O)[C@H](C)C[C@H](C)/C=C/C=C/C=C/1C)O2. The van der Waals surface area contributed by atoms with E-state index in [9.17, 15) is 39.6 Å². The molecule has 0 aromatic rings. The molecule has 1 unspecified atom stereocenters. The Bertz CT molecular complexity index is 1600. The topological polar surface area (TPSA) is 180 Å². The fraction of sp³-hybridized carbons (Fsp3) is 0.755. The number of aliphatic hydroxyl groups is 4. The number of esters is 1. The number of ketones is 2. The Morgan fingerprint density at radius 3 is 2.30 bits per heavy atom. The summed E-state index contributed by atoms with van der Waals surface area (Å²) in [7, 11) is 1.64. The van der Waals surface area contributed by atoms with Crippen LogP contribution in [0.5, 0.6) is 0 Å². The third kappa shape index (κ3) is 14.8. The number of rotatable bonds is 4. The van der Waals surface area contributed by atoms with E-state index >= 15 is 0 Å². The number of hydrogen-bond acceptors (Lipinski definition) is 11. The summed E-state index contributed by atoms with van der Waals surface area (Å²) >= 11 is 0. The van der Waals surface area contributed by atoms with Gasteiger partial charge in [-0.2, -0.15) is 0 Å². The second kappa shape index (κ2) is 23.6. The molecule has 344 valence electrons. The summed E-state index contributed by atoms with van der Waals surface area (Å²) in [6, 6.07) is -0.904. The average Bonchev–Trinajstić information content (AvgIpc) is 3.21. The van der Waals surface area contributed by atoms with Gasteiger partial charge in [0.15, 0.2) is 5.79 Å². The molecule has 1 aliphatic carbocycles. The summed E-state index contributed by atoms with van der Waals surface area (Å²) < 4.78 is 18.5. The highest BCUT2D eigenvalue weighted by molar-refractivity contribution is 5.86. The number of ether oxygens (including phenoxy) is 3. The molecular weight excluding hydrogens is 779 g/mol. The molecule has 14 atom stereocenters. The Morgan fingerprint density at radius 2 is 1.59 bits per heavy atom. The normalized spacial score (nSPS) is 41.0. The molecule has 4 aliphatic rings. The maximum atomic E-state index is 14.2. The number of hydrogen-bond donors (Lipinski definition) is 4. The first-order valence-electron chi connectivity index (χ1n) is 23.0. The number of carbonyl (C=O) groups excluding carboxylic acids is 4. The molecule has 2 bridgehead atoms. The summed E-state index contributed by atoms with van der Waals surface area (Å²) in [5, 5.41) is 43.6. The Labute approximate surface area is 364 Å². The first kappa shape index (κ1) is 50.6. The summed E-state index contributed by atoms with van der Waals surface area (Å²) in [6.45, 7) is 13.5. The third-order valence-electron chi connectivity index (χ3n) is 14.0. The largest absolute Gasteiger partial charge is 0.460 e. The minimum atomic E-state index is -1.75. The highest BCUT2D eigenvalue weighted by Gasteiger charge is 2.46. The molecule has 2 saturated heterocycles. The van der Waals surface area contributed by atoms with Crippen LogP contribution in [0.25, 0.3) is 0 Å². The van der Waals surface area contributed by atoms with E-state index < -0.39 is 54.0 Å². The number of amides is 1. The van der Waals surface area contributed by atoms with Crippen LogP contribution in [0.4, 0.5) is 0 Å². The van der Waals surface area contributed by atoms with Crippen LogP contribution in [0.2, 0.25) is 0 Å². The summed E-state index contributed by atoms with van der Waals surface area (Å²) in [5.74, 6) is -4.41. The van der Waals surface area contributed by atoms with Crippen LogP contribution in [-0.2, 0) is 33.4 Å². The molecule has 0 radical (unpaired) electrons. The predicted octanol–water partition coefficient (Wildman–Crippen LogP) is 6.72. The lowest BCUT2D eigenvalue weighted by Gasteiger charge is -2.44. The van der Waals surface area contributed by atoms with Gasteiger partial charge in [-0.05, 0) is 107 Å². The van der Waals surface area contributed by atoms with E-state index in [0.29, 0.717) is 82.7 Å². The molecule has 1 amide bonds. The van der Waals surface area contributed by atoms with Gasteiger partial charge in [0, 0.05) is 50.7 Å². The van der Waals surface area contributed by atoms with E-state index in [0.717, 1.165) is 5.57 Å². The van der Waals surface area contributed by atoms with Crippen LogP contribution in [0.1, 0.15) is 138 Å². The molecule has 4 rings (SSSR count). The van der Waals surface area contributed by atoms with E-state index in [1.54, 1.807) is 27.0 Å². The standard InChI is InChI=1S/C49H77NO11/c1-30-14-10-9-11-15-31(2)45(59-8)26-38-19-17-36(7)49(58,61-38)29-47(56)50-21-13-12-16-39(50)48(57)60-46(35(6)24-37-18-20-40(51)44(55)25-37)28-43(54)34(5)23-33(4)42(53)27-41(52)32(3)22-30/h9-11,14-15,23,30,32,34-40,42,44-46,51,53,55,58H,12-13,16-22,24-29H2,1-8H3/b11-9+,14-10+,31-15+,33-23+/t30-,32-,34-,35-,36-,37?,38+,39+,40+,42+,44+,45+,46+,49+/m1/s1. The van der Waals surface area contributed by atoms with Gasteiger partial charge in [0.05, 0.1) is 36.9 Å². The zero-order chi connectivity index (χ0) is 45.0. The van der Waals surface area contributed by atoms with E-state index in [1.165, 1.54) is 4.90 Å². The van der Waals surface area contributed by atoms with Crippen molar-refractivity contribution in [2.75, 3.05) is 13.7 Å². The van der Waals surface area contributed by atoms with Crippen molar-refractivity contribution in [2.24, 2.45) is 35.5 Å². The van der Waals surface area contributed by atoms with Crippen molar-refractivity contribution in [2.45, 2.75) is 187 Å². The third-order valence-corrected chi connectivity index (χ3v) is 14.0. The highest BCUT2D eigenvalue weighted by atomic mass is 16.6. The highest BCUT2D eigenvalue weighted by Crippen LogP contribution is 2.38.